The van der Waals surface area contributed by atoms with Gasteiger partial charge >= 0.3 is 4.59 Å². The molecule has 1 aromatic heterocycles. The van der Waals surface area contributed by atoms with Crippen molar-refractivity contribution < 1.29 is 8.78 Å². The van der Waals surface area contributed by atoms with Crippen molar-refractivity contribution in [2.45, 2.75) is 43.1 Å². The van der Waals surface area contributed by atoms with Crippen molar-refractivity contribution in [2.24, 2.45) is 0 Å². The minimum Gasteiger partial charge on any atom is -0.241 e. The van der Waals surface area contributed by atoms with Crippen molar-refractivity contribution in [3.05, 3.63) is 23.8 Å². The quantitative estimate of drug-likeness (QED) is 0.757. The van der Waals surface area contributed by atoms with Gasteiger partial charge in [0.15, 0.2) is 0 Å². The molecule has 106 valence electrons. The lowest BCUT2D eigenvalue weighted by Gasteiger charge is -2.25. The summed E-state index contributed by atoms with van der Waals surface area (Å²) in [6.45, 7) is 2.17. The zero-order chi connectivity index (χ0) is 13.7. The summed E-state index contributed by atoms with van der Waals surface area (Å²) in [5.74, 6) is 1.54. The molecule has 0 amide bonds. The molecule has 0 N–H and O–H groups in total. The van der Waals surface area contributed by atoms with Gasteiger partial charge in [0.2, 0.25) is 0 Å². The smallest absolute Gasteiger partial charge is 0.241 e. The maximum Gasteiger partial charge on any atom is 0.341 e. The van der Waals surface area contributed by atoms with Gasteiger partial charge in [0.1, 0.15) is 5.82 Å². The predicted molar refractivity (Wildman–Crippen MR) is 77.9 cm³/mol. The lowest BCUT2D eigenvalue weighted by molar-refractivity contribution is 0.210. The van der Waals surface area contributed by atoms with Gasteiger partial charge in [0.05, 0.1) is 0 Å². The Kier molecular flexibility index (Phi) is 5.45. The third kappa shape index (κ3) is 4.60. The van der Waals surface area contributed by atoms with E-state index >= 15 is 0 Å². The van der Waals surface area contributed by atoms with Crippen molar-refractivity contribution in [1.29, 1.82) is 0 Å². The second-order valence-corrected chi connectivity index (χ2v) is 7.22. The molecule has 19 heavy (non-hydrogen) atoms. The molecular formula is C13H18F2N2S2. The number of thioether (sulfide) groups is 2. The standard InChI is InChI=1S/C13H18F2N2S2/c1-2-3-4-5-10-6-16-12(17-7-10)11-8-18-13(14,15)19-9-11/h6-7,11H,2-5,8-9H2,1H3. The van der Waals surface area contributed by atoms with Gasteiger partial charge in [0, 0.05) is 29.8 Å². The lowest BCUT2D eigenvalue weighted by atomic mass is 10.1. The third-order valence-electron chi connectivity index (χ3n) is 3.06. The van der Waals surface area contributed by atoms with Crippen LogP contribution in [0.3, 0.4) is 0 Å². The van der Waals surface area contributed by atoms with Crippen LogP contribution in [0.25, 0.3) is 0 Å². The molecule has 2 nitrogen and oxygen atoms in total. The van der Waals surface area contributed by atoms with Crippen LogP contribution in [-0.4, -0.2) is 26.1 Å². The predicted octanol–water partition coefficient (Wildman–Crippen LogP) is 4.32. The fourth-order valence-electron chi connectivity index (χ4n) is 1.92. The Morgan fingerprint density at radius 1 is 1.21 bits per heavy atom. The number of aromatic nitrogens is 2. The van der Waals surface area contributed by atoms with E-state index in [2.05, 4.69) is 16.9 Å². The molecule has 1 aliphatic heterocycles. The molecule has 2 heterocycles. The largest absolute Gasteiger partial charge is 0.341 e. The minimum absolute atomic E-state index is 0.0410. The van der Waals surface area contributed by atoms with Crippen molar-refractivity contribution in [2.75, 3.05) is 11.5 Å². The molecule has 1 aromatic rings. The van der Waals surface area contributed by atoms with Crippen LogP contribution in [0.5, 0.6) is 0 Å². The van der Waals surface area contributed by atoms with E-state index in [-0.39, 0.29) is 5.92 Å². The fraction of sp³-hybridized carbons (Fsp3) is 0.692. The van der Waals surface area contributed by atoms with Crippen LogP contribution in [0.15, 0.2) is 12.4 Å². The number of hydrogen-bond acceptors (Lipinski definition) is 4. The van der Waals surface area contributed by atoms with Gasteiger partial charge in [-0.15, -0.1) is 0 Å². The minimum atomic E-state index is -2.64. The highest BCUT2D eigenvalue weighted by Crippen LogP contribution is 2.48. The number of halogens is 2. The maximum atomic E-state index is 13.0. The van der Waals surface area contributed by atoms with E-state index in [0.29, 0.717) is 40.9 Å². The van der Waals surface area contributed by atoms with Gasteiger partial charge in [-0.2, -0.15) is 8.78 Å². The summed E-state index contributed by atoms with van der Waals surface area (Å²) in [6.07, 6.45) is 8.26. The van der Waals surface area contributed by atoms with Crippen molar-refractivity contribution >= 4 is 23.5 Å². The molecule has 1 aliphatic rings. The molecular weight excluding hydrogens is 286 g/mol. The highest BCUT2D eigenvalue weighted by Gasteiger charge is 2.38. The van der Waals surface area contributed by atoms with Crippen LogP contribution < -0.4 is 0 Å². The first kappa shape index (κ1) is 15.0. The SMILES string of the molecule is CCCCCc1cnc(C2CSC(F)(F)SC2)nc1. The molecule has 0 atom stereocenters. The Morgan fingerprint density at radius 2 is 1.84 bits per heavy atom. The average molecular weight is 304 g/mol. The number of hydrogen-bond donors (Lipinski definition) is 0. The maximum absolute atomic E-state index is 13.0. The molecule has 1 fully saturated rings. The second-order valence-electron chi connectivity index (χ2n) is 4.69. The molecule has 0 saturated carbocycles. The van der Waals surface area contributed by atoms with Gasteiger partial charge < -0.3 is 0 Å². The van der Waals surface area contributed by atoms with Gasteiger partial charge in [0.25, 0.3) is 0 Å². The molecule has 2 rings (SSSR count). The van der Waals surface area contributed by atoms with E-state index in [1.165, 1.54) is 12.8 Å². The molecule has 1 saturated heterocycles. The van der Waals surface area contributed by atoms with Crippen LogP contribution in [0.4, 0.5) is 8.78 Å². The van der Waals surface area contributed by atoms with Crippen LogP contribution >= 0.6 is 23.5 Å². The van der Waals surface area contributed by atoms with Gasteiger partial charge in [-0.05, 0) is 18.4 Å². The van der Waals surface area contributed by atoms with Crippen LogP contribution in [-0.2, 0) is 6.42 Å². The fourth-order valence-corrected chi connectivity index (χ4v) is 4.13. The summed E-state index contributed by atoms with van der Waals surface area (Å²) in [5.41, 5.74) is 1.14. The average Bonchev–Trinajstić information content (AvgIpc) is 2.40. The van der Waals surface area contributed by atoms with E-state index in [1.807, 2.05) is 12.4 Å². The van der Waals surface area contributed by atoms with E-state index in [0.717, 1.165) is 18.4 Å². The van der Waals surface area contributed by atoms with Crippen LogP contribution in [0.2, 0.25) is 0 Å². The topological polar surface area (TPSA) is 25.8 Å². The molecule has 0 aliphatic carbocycles. The molecule has 0 aromatic carbocycles. The van der Waals surface area contributed by atoms with Crippen molar-refractivity contribution in [1.82, 2.24) is 9.97 Å². The Hall–Kier alpha value is -0.360. The second kappa shape index (κ2) is 6.88. The van der Waals surface area contributed by atoms with E-state index in [9.17, 15) is 8.78 Å². The summed E-state index contributed by atoms with van der Waals surface area (Å²) < 4.78 is 23.4. The Bertz CT molecular complexity index is 388. The highest BCUT2D eigenvalue weighted by molar-refractivity contribution is 8.18. The first-order valence-corrected chi connectivity index (χ1v) is 8.54. The highest BCUT2D eigenvalue weighted by atomic mass is 32.2. The number of rotatable bonds is 5. The normalized spacial score (nSPS) is 19.5. The first-order valence-electron chi connectivity index (χ1n) is 6.57. The summed E-state index contributed by atoms with van der Waals surface area (Å²) in [5, 5.41) is 0. The van der Waals surface area contributed by atoms with E-state index in [4.69, 9.17) is 0 Å². The van der Waals surface area contributed by atoms with E-state index < -0.39 is 4.59 Å². The van der Waals surface area contributed by atoms with Crippen LogP contribution in [0, 0.1) is 0 Å². The Morgan fingerprint density at radius 3 is 2.42 bits per heavy atom. The first-order chi connectivity index (χ1) is 9.11. The van der Waals surface area contributed by atoms with E-state index in [1.54, 1.807) is 0 Å². The lowest BCUT2D eigenvalue weighted by Crippen LogP contribution is -2.21. The zero-order valence-electron chi connectivity index (χ0n) is 10.9. The molecule has 0 radical (unpaired) electrons. The summed E-state index contributed by atoms with van der Waals surface area (Å²) >= 11 is 1.39. The molecule has 0 bridgehead atoms. The Balaban J connectivity index is 1.88. The van der Waals surface area contributed by atoms with Gasteiger partial charge in [-0.25, -0.2) is 9.97 Å². The number of unbranched alkanes of at least 4 members (excludes halogenated alkanes) is 2. The van der Waals surface area contributed by atoms with Crippen molar-refractivity contribution in [3.63, 3.8) is 0 Å². The van der Waals surface area contributed by atoms with Gasteiger partial charge in [-0.3, -0.25) is 0 Å². The summed E-state index contributed by atoms with van der Waals surface area (Å²) in [4.78, 5) is 8.69. The molecule has 0 unspecified atom stereocenters. The third-order valence-corrected chi connectivity index (χ3v) is 5.58. The Labute approximate surface area is 121 Å². The zero-order valence-corrected chi connectivity index (χ0v) is 12.6. The summed E-state index contributed by atoms with van der Waals surface area (Å²) in [6, 6.07) is 0. The molecule has 6 heteroatoms. The van der Waals surface area contributed by atoms with Crippen LogP contribution in [0.1, 0.15) is 43.5 Å². The van der Waals surface area contributed by atoms with Crippen molar-refractivity contribution in [3.8, 4) is 0 Å². The number of nitrogens with zero attached hydrogens (tertiary/aromatic N) is 2. The number of aryl methyl sites for hydroxylation is 1. The molecule has 0 spiro atoms. The summed E-state index contributed by atoms with van der Waals surface area (Å²) in [7, 11) is 0. The number of alkyl halides is 2. The monoisotopic (exact) mass is 304 g/mol. The van der Waals surface area contributed by atoms with Gasteiger partial charge in [-0.1, -0.05) is 43.3 Å².